The molecule has 20 heavy (non-hydrogen) atoms. The summed E-state index contributed by atoms with van der Waals surface area (Å²) in [5.41, 5.74) is 6.60. The number of aryl methyl sites for hydroxylation is 1. The molecule has 0 saturated heterocycles. The van der Waals surface area contributed by atoms with Gasteiger partial charge in [0.15, 0.2) is 0 Å². The second-order valence-corrected chi connectivity index (χ2v) is 7.03. The average Bonchev–Trinajstić information content (AvgIpc) is 2.46. The Bertz CT molecular complexity index is 493. The van der Waals surface area contributed by atoms with Gasteiger partial charge in [0.1, 0.15) is 0 Å². The van der Waals surface area contributed by atoms with E-state index in [2.05, 4.69) is 0 Å². The quantitative estimate of drug-likeness (QED) is 0.801. The van der Waals surface area contributed by atoms with Crippen molar-refractivity contribution in [1.29, 1.82) is 0 Å². The van der Waals surface area contributed by atoms with Gasteiger partial charge in [0.05, 0.1) is 4.90 Å². The number of rotatable bonds is 8. The Kier molecular flexibility index (Phi) is 6.65. The molecule has 0 aliphatic heterocycles. The van der Waals surface area contributed by atoms with E-state index in [1.807, 2.05) is 26.0 Å². The van der Waals surface area contributed by atoms with Crippen molar-refractivity contribution in [3.05, 3.63) is 29.8 Å². The largest absolute Gasteiger partial charge is 0.330 e. The molecular formula is C15H26N2O2S. The van der Waals surface area contributed by atoms with Gasteiger partial charge in [-0.05, 0) is 49.9 Å². The van der Waals surface area contributed by atoms with E-state index in [4.69, 9.17) is 5.73 Å². The smallest absolute Gasteiger partial charge is 0.243 e. The maximum absolute atomic E-state index is 12.5. The van der Waals surface area contributed by atoms with Crippen molar-refractivity contribution in [2.24, 2.45) is 5.73 Å². The van der Waals surface area contributed by atoms with E-state index in [1.165, 1.54) is 4.31 Å². The van der Waals surface area contributed by atoms with Crippen LogP contribution in [0.2, 0.25) is 0 Å². The normalized spacial score (nSPS) is 12.3. The summed E-state index contributed by atoms with van der Waals surface area (Å²) in [6.07, 6.45) is 3.45. The molecule has 1 aromatic rings. The van der Waals surface area contributed by atoms with Crippen molar-refractivity contribution in [3.63, 3.8) is 0 Å². The van der Waals surface area contributed by atoms with Crippen LogP contribution in [-0.2, 0) is 16.4 Å². The molecular weight excluding hydrogens is 272 g/mol. The highest BCUT2D eigenvalue weighted by molar-refractivity contribution is 7.89. The molecule has 0 aliphatic rings. The molecule has 0 radical (unpaired) electrons. The lowest BCUT2D eigenvalue weighted by Crippen LogP contribution is -2.36. The average molecular weight is 298 g/mol. The molecule has 1 aromatic carbocycles. The van der Waals surface area contributed by atoms with Crippen molar-refractivity contribution < 1.29 is 8.42 Å². The summed E-state index contributed by atoms with van der Waals surface area (Å²) >= 11 is 0. The lowest BCUT2D eigenvalue weighted by atomic mass is 10.1. The van der Waals surface area contributed by atoms with E-state index in [9.17, 15) is 8.42 Å². The van der Waals surface area contributed by atoms with Crippen LogP contribution in [0.4, 0.5) is 0 Å². The summed E-state index contributed by atoms with van der Waals surface area (Å²) in [5.74, 6) is 0. The lowest BCUT2D eigenvalue weighted by Gasteiger charge is -2.25. The zero-order valence-electron chi connectivity index (χ0n) is 12.7. The van der Waals surface area contributed by atoms with Crippen LogP contribution in [0.3, 0.4) is 0 Å². The number of benzene rings is 1. The molecule has 0 aromatic heterocycles. The first-order valence-electron chi connectivity index (χ1n) is 7.24. The van der Waals surface area contributed by atoms with Crippen molar-refractivity contribution in [2.75, 3.05) is 13.6 Å². The minimum atomic E-state index is -3.39. The molecule has 0 unspecified atom stereocenters. The first-order chi connectivity index (χ1) is 9.47. The summed E-state index contributed by atoms with van der Waals surface area (Å²) in [5, 5.41) is 0. The SMILES string of the molecule is CCC(CC)N(C)S(=O)(=O)c1ccc(CCCN)cc1. The first-order valence-corrected chi connectivity index (χ1v) is 8.68. The van der Waals surface area contributed by atoms with E-state index in [1.54, 1.807) is 19.2 Å². The first kappa shape index (κ1) is 17.1. The Balaban J connectivity index is 2.92. The highest BCUT2D eigenvalue weighted by Gasteiger charge is 2.25. The van der Waals surface area contributed by atoms with E-state index >= 15 is 0 Å². The maximum Gasteiger partial charge on any atom is 0.243 e. The second kappa shape index (κ2) is 7.76. The van der Waals surface area contributed by atoms with Gasteiger partial charge in [0.2, 0.25) is 10.0 Å². The predicted molar refractivity (Wildman–Crippen MR) is 83.1 cm³/mol. The van der Waals surface area contributed by atoms with Crippen molar-refractivity contribution >= 4 is 10.0 Å². The number of nitrogens with two attached hydrogens (primary N) is 1. The van der Waals surface area contributed by atoms with E-state index in [0.29, 0.717) is 11.4 Å². The third-order valence-corrected chi connectivity index (χ3v) is 5.65. The minimum Gasteiger partial charge on any atom is -0.330 e. The van der Waals surface area contributed by atoms with Crippen molar-refractivity contribution in [1.82, 2.24) is 4.31 Å². The van der Waals surface area contributed by atoms with Gasteiger partial charge >= 0.3 is 0 Å². The Morgan fingerprint density at radius 3 is 2.15 bits per heavy atom. The van der Waals surface area contributed by atoms with Gasteiger partial charge in [-0.15, -0.1) is 0 Å². The Morgan fingerprint density at radius 2 is 1.70 bits per heavy atom. The van der Waals surface area contributed by atoms with Crippen LogP contribution in [0.25, 0.3) is 0 Å². The fourth-order valence-corrected chi connectivity index (χ4v) is 3.80. The molecule has 2 N–H and O–H groups in total. The maximum atomic E-state index is 12.5. The molecule has 0 fully saturated rings. The van der Waals surface area contributed by atoms with Crippen LogP contribution < -0.4 is 5.73 Å². The molecule has 4 nitrogen and oxygen atoms in total. The zero-order valence-corrected chi connectivity index (χ0v) is 13.5. The predicted octanol–water partition coefficient (Wildman–Crippen LogP) is 2.39. The highest BCUT2D eigenvalue weighted by atomic mass is 32.2. The molecule has 5 heteroatoms. The minimum absolute atomic E-state index is 0.0527. The summed E-state index contributed by atoms with van der Waals surface area (Å²) in [4.78, 5) is 0.364. The number of sulfonamides is 1. The van der Waals surface area contributed by atoms with E-state index in [-0.39, 0.29) is 6.04 Å². The molecule has 0 saturated carbocycles. The Hall–Kier alpha value is -0.910. The van der Waals surface area contributed by atoms with Crippen LogP contribution in [0, 0.1) is 0 Å². The molecule has 0 amide bonds. The second-order valence-electron chi connectivity index (χ2n) is 5.03. The molecule has 0 atom stereocenters. The van der Waals surface area contributed by atoms with E-state index < -0.39 is 10.0 Å². The highest BCUT2D eigenvalue weighted by Crippen LogP contribution is 2.20. The van der Waals surface area contributed by atoms with E-state index in [0.717, 1.165) is 31.2 Å². The Morgan fingerprint density at radius 1 is 1.15 bits per heavy atom. The van der Waals surface area contributed by atoms with Crippen molar-refractivity contribution in [3.8, 4) is 0 Å². The van der Waals surface area contributed by atoms with Gasteiger partial charge in [-0.25, -0.2) is 8.42 Å². The fraction of sp³-hybridized carbons (Fsp3) is 0.600. The molecule has 0 heterocycles. The number of hydrogen-bond acceptors (Lipinski definition) is 3. The topological polar surface area (TPSA) is 63.4 Å². The van der Waals surface area contributed by atoms with Gasteiger partial charge in [-0.2, -0.15) is 4.31 Å². The van der Waals surface area contributed by atoms with Crippen LogP contribution in [0.15, 0.2) is 29.2 Å². The molecule has 114 valence electrons. The van der Waals surface area contributed by atoms with Gasteiger partial charge in [-0.1, -0.05) is 26.0 Å². The monoisotopic (exact) mass is 298 g/mol. The molecule has 1 rings (SSSR count). The summed E-state index contributed by atoms with van der Waals surface area (Å²) in [6, 6.07) is 7.20. The lowest BCUT2D eigenvalue weighted by molar-refractivity contribution is 0.349. The van der Waals surface area contributed by atoms with Gasteiger partial charge in [0, 0.05) is 13.1 Å². The van der Waals surface area contributed by atoms with Crippen LogP contribution in [0.1, 0.15) is 38.7 Å². The number of nitrogens with zero attached hydrogens (tertiary/aromatic N) is 1. The molecule has 0 spiro atoms. The van der Waals surface area contributed by atoms with Crippen LogP contribution in [-0.4, -0.2) is 32.4 Å². The van der Waals surface area contributed by atoms with Gasteiger partial charge in [-0.3, -0.25) is 0 Å². The van der Waals surface area contributed by atoms with Gasteiger partial charge < -0.3 is 5.73 Å². The number of hydrogen-bond donors (Lipinski definition) is 1. The van der Waals surface area contributed by atoms with Crippen LogP contribution >= 0.6 is 0 Å². The summed E-state index contributed by atoms with van der Waals surface area (Å²) in [7, 11) is -1.73. The molecule has 0 aliphatic carbocycles. The zero-order chi connectivity index (χ0) is 15.2. The third-order valence-electron chi connectivity index (χ3n) is 3.73. The standard InChI is InChI=1S/C15H26N2O2S/c1-4-14(5-2)17(3)20(18,19)15-10-8-13(9-11-15)7-6-12-16/h8-11,14H,4-7,12,16H2,1-3H3. The van der Waals surface area contributed by atoms with Crippen LogP contribution in [0.5, 0.6) is 0 Å². The summed E-state index contributed by atoms with van der Waals surface area (Å²) in [6.45, 7) is 4.67. The van der Waals surface area contributed by atoms with Crippen molar-refractivity contribution in [2.45, 2.75) is 50.5 Å². The third kappa shape index (κ3) is 4.04. The molecule has 0 bridgehead atoms. The van der Waals surface area contributed by atoms with Gasteiger partial charge in [0.25, 0.3) is 0 Å². The Labute approximate surface area is 123 Å². The fourth-order valence-electron chi connectivity index (χ4n) is 2.30. The summed E-state index contributed by atoms with van der Waals surface area (Å²) < 4.78 is 26.5.